The molecule has 18 heavy (non-hydrogen) atoms. The minimum Gasteiger partial charge on any atom is -0.490 e. The number of halogens is 1. The Labute approximate surface area is 105 Å². The zero-order valence-corrected chi connectivity index (χ0v) is 10.1. The molecule has 0 saturated heterocycles. The van der Waals surface area contributed by atoms with Gasteiger partial charge in [-0.25, -0.2) is 4.39 Å². The summed E-state index contributed by atoms with van der Waals surface area (Å²) in [6.45, 7) is 5.17. The molecular weight excluding hydrogens is 235 g/mol. The molecule has 4 heteroatoms. The van der Waals surface area contributed by atoms with Gasteiger partial charge in [0.05, 0.1) is 5.41 Å². The van der Waals surface area contributed by atoms with E-state index in [2.05, 4.69) is 6.58 Å². The molecule has 3 nitrogen and oxygen atoms in total. The van der Waals surface area contributed by atoms with Crippen molar-refractivity contribution in [3.8, 4) is 5.75 Å². The van der Waals surface area contributed by atoms with Crippen molar-refractivity contribution in [1.29, 1.82) is 0 Å². The maximum absolute atomic E-state index is 13.1. The van der Waals surface area contributed by atoms with Crippen LogP contribution >= 0.6 is 0 Å². The predicted molar refractivity (Wildman–Crippen MR) is 65.1 cm³/mol. The third kappa shape index (κ3) is 2.23. The van der Waals surface area contributed by atoms with Gasteiger partial charge in [-0.2, -0.15) is 0 Å². The van der Waals surface area contributed by atoms with Gasteiger partial charge in [0, 0.05) is 18.4 Å². The van der Waals surface area contributed by atoms with E-state index in [1.807, 2.05) is 0 Å². The average Bonchev–Trinajstić information content (AvgIpc) is 2.69. The second kappa shape index (κ2) is 4.44. The monoisotopic (exact) mass is 250 g/mol. The fourth-order valence-electron chi connectivity index (χ4n) is 2.13. The topological polar surface area (TPSA) is 46.5 Å². The second-order valence-corrected chi connectivity index (χ2v) is 4.83. The molecule has 0 aromatic heterocycles. The van der Waals surface area contributed by atoms with Crippen molar-refractivity contribution in [2.45, 2.75) is 25.9 Å². The molecule has 1 aromatic rings. The minimum atomic E-state index is -1.02. The van der Waals surface area contributed by atoms with E-state index in [0.717, 1.165) is 5.56 Å². The fraction of sp³-hybridized carbons (Fsp3) is 0.357. The molecule has 0 bridgehead atoms. The summed E-state index contributed by atoms with van der Waals surface area (Å²) in [6.07, 6.45) is 2.02. The second-order valence-electron chi connectivity index (χ2n) is 4.83. The van der Waals surface area contributed by atoms with Crippen LogP contribution in [0.3, 0.4) is 0 Å². The zero-order valence-electron chi connectivity index (χ0n) is 10.1. The number of aliphatic carboxylic acids is 1. The van der Waals surface area contributed by atoms with Gasteiger partial charge in [-0.3, -0.25) is 4.79 Å². The number of rotatable bonds is 4. The Hall–Kier alpha value is -1.84. The maximum atomic E-state index is 13.1. The molecule has 0 spiro atoms. The molecule has 2 rings (SSSR count). The molecule has 1 aromatic carbocycles. The first-order chi connectivity index (χ1) is 8.44. The largest absolute Gasteiger partial charge is 0.490 e. The SMILES string of the molecule is C=CC(C)(CC1Cc2cc(F)ccc2O1)C(=O)O. The summed E-state index contributed by atoms with van der Waals surface area (Å²) in [4.78, 5) is 11.2. The third-order valence-corrected chi connectivity index (χ3v) is 3.35. The summed E-state index contributed by atoms with van der Waals surface area (Å²) in [7, 11) is 0. The Balaban J connectivity index is 2.12. The van der Waals surface area contributed by atoms with Gasteiger partial charge in [0.25, 0.3) is 0 Å². The molecule has 0 fully saturated rings. The van der Waals surface area contributed by atoms with Gasteiger partial charge in [0.2, 0.25) is 0 Å². The Morgan fingerprint density at radius 2 is 2.44 bits per heavy atom. The van der Waals surface area contributed by atoms with Crippen molar-refractivity contribution in [1.82, 2.24) is 0 Å². The van der Waals surface area contributed by atoms with E-state index in [1.165, 1.54) is 18.2 Å². The molecule has 0 amide bonds. The molecule has 0 aliphatic carbocycles. The summed E-state index contributed by atoms with van der Waals surface area (Å²) in [5, 5.41) is 9.17. The van der Waals surface area contributed by atoms with Gasteiger partial charge < -0.3 is 9.84 Å². The van der Waals surface area contributed by atoms with Crippen molar-refractivity contribution in [2.75, 3.05) is 0 Å². The van der Waals surface area contributed by atoms with Crippen LogP contribution in [0.15, 0.2) is 30.9 Å². The standard InChI is InChI=1S/C14H15FO3/c1-3-14(2,13(16)17)8-11-7-9-6-10(15)4-5-12(9)18-11/h3-6,11H,1,7-8H2,2H3,(H,16,17). The first-order valence-corrected chi connectivity index (χ1v) is 5.77. The van der Waals surface area contributed by atoms with Crippen LogP contribution in [0, 0.1) is 11.2 Å². The maximum Gasteiger partial charge on any atom is 0.313 e. The third-order valence-electron chi connectivity index (χ3n) is 3.35. The van der Waals surface area contributed by atoms with Crippen LogP contribution in [0.2, 0.25) is 0 Å². The molecule has 96 valence electrons. The molecule has 1 aliphatic rings. The van der Waals surface area contributed by atoms with E-state index < -0.39 is 11.4 Å². The molecule has 2 unspecified atom stereocenters. The van der Waals surface area contributed by atoms with Crippen LogP contribution in [-0.4, -0.2) is 17.2 Å². The number of carboxylic acids is 1. The Morgan fingerprint density at radius 3 is 3.06 bits per heavy atom. The van der Waals surface area contributed by atoms with Gasteiger partial charge >= 0.3 is 5.97 Å². The number of hydrogen-bond acceptors (Lipinski definition) is 2. The summed E-state index contributed by atoms with van der Waals surface area (Å²) in [5.41, 5.74) is -0.234. The summed E-state index contributed by atoms with van der Waals surface area (Å²) >= 11 is 0. The molecule has 1 aliphatic heterocycles. The lowest BCUT2D eigenvalue weighted by Gasteiger charge is -2.23. The Morgan fingerprint density at radius 1 is 1.72 bits per heavy atom. The van der Waals surface area contributed by atoms with Gasteiger partial charge in [0.15, 0.2) is 0 Å². The zero-order chi connectivity index (χ0) is 13.3. The lowest BCUT2D eigenvalue weighted by atomic mass is 9.84. The molecule has 0 radical (unpaired) electrons. The van der Waals surface area contributed by atoms with Crippen molar-refractivity contribution in [3.63, 3.8) is 0 Å². The lowest BCUT2D eigenvalue weighted by molar-refractivity contribution is -0.146. The molecular formula is C14H15FO3. The molecule has 0 saturated carbocycles. The minimum absolute atomic E-state index is 0.249. The fourth-order valence-corrected chi connectivity index (χ4v) is 2.13. The van der Waals surface area contributed by atoms with Crippen LogP contribution in [0.5, 0.6) is 5.75 Å². The van der Waals surface area contributed by atoms with Gasteiger partial charge in [-0.1, -0.05) is 6.08 Å². The molecule has 1 N–H and O–H groups in total. The number of ether oxygens (including phenoxy) is 1. The summed E-state index contributed by atoms with van der Waals surface area (Å²) in [6, 6.07) is 4.35. The highest BCUT2D eigenvalue weighted by Gasteiger charge is 2.36. The first-order valence-electron chi connectivity index (χ1n) is 5.77. The highest BCUT2D eigenvalue weighted by molar-refractivity contribution is 5.76. The summed E-state index contributed by atoms with van der Waals surface area (Å²) < 4.78 is 18.7. The van der Waals surface area contributed by atoms with Gasteiger partial charge in [0.1, 0.15) is 17.7 Å². The first kappa shape index (κ1) is 12.6. The number of carboxylic acid groups (broad SMARTS) is 1. The lowest BCUT2D eigenvalue weighted by Crippen LogP contribution is -2.31. The van der Waals surface area contributed by atoms with E-state index in [4.69, 9.17) is 9.84 Å². The van der Waals surface area contributed by atoms with E-state index in [1.54, 1.807) is 13.0 Å². The Bertz CT molecular complexity index is 498. The normalized spacial score (nSPS) is 20.7. The van der Waals surface area contributed by atoms with Gasteiger partial charge in [-0.15, -0.1) is 6.58 Å². The van der Waals surface area contributed by atoms with Crippen molar-refractivity contribution in [3.05, 3.63) is 42.2 Å². The van der Waals surface area contributed by atoms with Crippen LogP contribution < -0.4 is 4.74 Å². The van der Waals surface area contributed by atoms with Crippen LogP contribution in [0.4, 0.5) is 4.39 Å². The average molecular weight is 250 g/mol. The Kier molecular flexibility index (Phi) is 3.11. The highest BCUT2D eigenvalue weighted by atomic mass is 19.1. The number of carbonyl (C=O) groups is 1. The van der Waals surface area contributed by atoms with E-state index in [0.29, 0.717) is 18.6 Å². The van der Waals surface area contributed by atoms with Crippen LogP contribution in [-0.2, 0) is 11.2 Å². The van der Waals surface area contributed by atoms with Crippen LogP contribution in [0.1, 0.15) is 18.9 Å². The molecule has 1 heterocycles. The number of fused-ring (bicyclic) bond motifs is 1. The smallest absolute Gasteiger partial charge is 0.313 e. The van der Waals surface area contributed by atoms with Crippen molar-refractivity contribution in [2.24, 2.45) is 5.41 Å². The number of hydrogen-bond donors (Lipinski definition) is 1. The van der Waals surface area contributed by atoms with Crippen molar-refractivity contribution < 1.29 is 19.0 Å². The van der Waals surface area contributed by atoms with Gasteiger partial charge in [-0.05, 0) is 25.1 Å². The van der Waals surface area contributed by atoms with E-state index in [-0.39, 0.29) is 11.9 Å². The number of benzene rings is 1. The predicted octanol–water partition coefficient (Wildman–Crippen LogP) is 2.80. The highest BCUT2D eigenvalue weighted by Crippen LogP contribution is 2.35. The van der Waals surface area contributed by atoms with Crippen LogP contribution in [0.25, 0.3) is 0 Å². The van der Waals surface area contributed by atoms with E-state index >= 15 is 0 Å². The molecule has 2 atom stereocenters. The quantitative estimate of drug-likeness (QED) is 0.836. The summed E-state index contributed by atoms with van der Waals surface area (Å²) in [5.74, 6) is -0.593. The van der Waals surface area contributed by atoms with E-state index in [9.17, 15) is 9.18 Å². The van der Waals surface area contributed by atoms with Crippen molar-refractivity contribution >= 4 is 5.97 Å².